The average molecular weight is 488 g/mol. The van der Waals surface area contributed by atoms with Gasteiger partial charge in [-0.05, 0) is 60.0 Å². The number of aryl methyl sites for hydroxylation is 2. The van der Waals surface area contributed by atoms with Crippen LogP contribution >= 0.6 is 11.6 Å². The van der Waals surface area contributed by atoms with Crippen molar-refractivity contribution in [2.24, 2.45) is 11.4 Å². The molecule has 0 saturated heterocycles. The molecule has 0 amide bonds. The molecule has 5 aromatic rings. The van der Waals surface area contributed by atoms with Crippen LogP contribution in [0.25, 0.3) is 38.8 Å². The first kappa shape index (κ1) is 21.9. The zero-order valence-corrected chi connectivity index (χ0v) is 19.9. The number of aromatic nitrogens is 3. The lowest BCUT2D eigenvalue weighted by Crippen LogP contribution is -2.24. The second kappa shape index (κ2) is 8.45. The van der Waals surface area contributed by atoms with Gasteiger partial charge in [-0.1, -0.05) is 35.9 Å². The molecule has 0 aliphatic carbocycles. The lowest BCUT2D eigenvalue weighted by molar-refractivity contribution is 0.613. The monoisotopic (exact) mass is 487 g/mol. The number of hydrogen-bond acceptors (Lipinski definition) is 4. The molecule has 0 radical (unpaired) electrons. The van der Waals surface area contributed by atoms with Crippen molar-refractivity contribution in [2.75, 3.05) is 0 Å². The number of pyridine rings is 1. The Hall–Kier alpha value is -3.93. The van der Waals surface area contributed by atoms with E-state index in [2.05, 4.69) is 15.5 Å². The van der Waals surface area contributed by atoms with Crippen LogP contribution in [0.4, 0.5) is 0 Å². The summed E-state index contributed by atoms with van der Waals surface area (Å²) in [6.45, 7) is 1.91. The third kappa shape index (κ3) is 3.65. The van der Waals surface area contributed by atoms with Crippen LogP contribution in [-0.2, 0) is 17.9 Å². The number of nitriles is 1. The van der Waals surface area contributed by atoms with E-state index in [0.29, 0.717) is 21.8 Å². The van der Waals surface area contributed by atoms with Crippen LogP contribution in [-0.4, -0.2) is 22.5 Å². The predicted molar refractivity (Wildman–Crippen MR) is 133 cm³/mol. The molecule has 5 rings (SSSR count). The largest absolute Gasteiger partial charge is 0.311 e. The number of hydrogen-bond donors (Lipinski definition) is 1. The zero-order chi connectivity index (χ0) is 24.0. The summed E-state index contributed by atoms with van der Waals surface area (Å²) in [6, 6.07) is 21.0. The molecule has 2 aromatic heterocycles. The van der Waals surface area contributed by atoms with Crippen molar-refractivity contribution in [2.45, 2.75) is 6.92 Å². The first-order valence-corrected chi connectivity index (χ1v) is 11.8. The summed E-state index contributed by atoms with van der Waals surface area (Å²) in [4.78, 5) is 4.60. The summed E-state index contributed by atoms with van der Waals surface area (Å²) in [7, 11) is -1.31. The highest BCUT2D eigenvalue weighted by molar-refractivity contribution is 7.70. The normalized spacial score (nSPS) is 12.0. The molecule has 168 valence electrons. The van der Waals surface area contributed by atoms with E-state index in [0.717, 1.165) is 33.1 Å². The van der Waals surface area contributed by atoms with Crippen molar-refractivity contribution < 1.29 is 8.42 Å². The Morgan fingerprint density at radius 2 is 1.76 bits per heavy atom. The number of imidazole rings is 1. The van der Waals surface area contributed by atoms with E-state index in [1.807, 2.05) is 55.5 Å². The summed E-state index contributed by atoms with van der Waals surface area (Å²) in [5.41, 5.74) is 6.37. The van der Waals surface area contributed by atoms with E-state index in [1.54, 1.807) is 34.5 Å². The summed E-state index contributed by atoms with van der Waals surface area (Å²) >= 11 is 6.06. The molecule has 34 heavy (non-hydrogen) atoms. The molecular formula is C25H18ClN5O2S. The van der Waals surface area contributed by atoms with E-state index < -0.39 is 10.9 Å². The molecule has 0 aliphatic rings. The quantitative estimate of drug-likeness (QED) is 0.380. The van der Waals surface area contributed by atoms with Crippen molar-refractivity contribution >= 4 is 44.4 Å². The van der Waals surface area contributed by atoms with Gasteiger partial charge in [-0.2, -0.15) is 5.26 Å². The highest BCUT2D eigenvalue weighted by Crippen LogP contribution is 2.31. The first-order valence-electron chi connectivity index (χ1n) is 10.3. The molecule has 2 heterocycles. The van der Waals surface area contributed by atoms with Gasteiger partial charge in [0, 0.05) is 17.5 Å². The lowest BCUT2D eigenvalue weighted by atomic mass is 10.0. The van der Waals surface area contributed by atoms with E-state index in [4.69, 9.17) is 11.6 Å². The fraction of sp³-hybridized carbons (Fsp3) is 0.0800. The van der Waals surface area contributed by atoms with Crippen molar-refractivity contribution in [1.29, 1.82) is 5.26 Å². The minimum atomic E-state index is -3.06. The Bertz CT molecular complexity index is 1780. The Morgan fingerprint density at radius 3 is 2.47 bits per heavy atom. The maximum atomic E-state index is 11.7. The van der Waals surface area contributed by atoms with Gasteiger partial charge in [0.15, 0.2) is 0 Å². The first-order chi connectivity index (χ1) is 16.4. The van der Waals surface area contributed by atoms with Gasteiger partial charge in [0.05, 0.1) is 40.1 Å². The van der Waals surface area contributed by atoms with E-state index in [9.17, 15) is 13.7 Å². The van der Waals surface area contributed by atoms with Gasteiger partial charge in [0.2, 0.25) is 16.5 Å². The Labute approximate surface area is 201 Å². The minimum Gasteiger partial charge on any atom is -0.311 e. The zero-order valence-electron chi connectivity index (χ0n) is 18.2. The van der Waals surface area contributed by atoms with Crippen molar-refractivity contribution in [3.63, 3.8) is 0 Å². The SMILES string of the molecule is Cc1ccc(C#N)cc1-n1/c(=N\[SH](=O)=O)n(C)c2cnc3ccc(-c4ccc(Cl)cc4)cc3c21. The maximum Gasteiger partial charge on any atom is 0.246 e. The van der Waals surface area contributed by atoms with Gasteiger partial charge in [-0.15, -0.1) is 4.40 Å². The van der Waals surface area contributed by atoms with Crippen LogP contribution in [0.2, 0.25) is 5.02 Å². The van der Waals surface area contributed by atoms with Crippen LogP contribution in [0.1, 0.15) is 11.1 Å². The van der Waals surface area contributed by atoms with Gasteiger partial charge >= 0.3 is 0 Å². The van der Waals surface area contributed by atoms with Crippen molar-refractivity contribution in [3.8, 4) is 22.9 Å². The second-order valence-corrected chi connectivity index (χ2v) is 8.99. The fourth-order valence-electron chi connectivity index (χ4n) is 4.16. The second-order valence-electron chi connectivity index (χ2n) is 7.88. The number of thiol groups is 1. The van der Waals surface area contributed by atoms with E-state index in [-0.39, 0.29) is 5.62 Å². The average Bonchev–Trinajstić information content (AvgIpc) is 3.11. The van der Waals surface area contributed by atoms with Gasteiger partial charge in [-0.25, -0.2) is 8.42 Å². The molecule has 0 unspecified atom stereocenters. The molecule has 7 nitrogen and oxygen atoms in total. The molecule has 9 heteroatoms. The van der Waals surface area contributed by atoms with Gasteiger partial charge in [0.25, 0.3) is 0 Å². The summed E-state index contributed by atoms with van der Waals surface area (Å²) in [6.07, 6.45) is 1.70. The Balaban J connectivity index is 1.97. The van der Waals surface area contributed by atoms with Crippen LogP contribution < -0.4 is 5.62 Å². The van der Waals surface area contributed by atoms with Crippen LogP contribution in [0.3, 0.4) is 0 Å². The van der Waals surface area contributed by atoms with Gasteiger partial charge in [-0.3, -0.25) is 9.55 Å². The van der Waals surface area contributed by atoms with Crippen molar-refractivity contribution in [3.05, 3.63) is 88.6 Å². The Kier molecular flexibility index (Phi) is 5.44. The van der Waals surface area contributed by atoms with Crippen LogP contribution in [0.5, 0.6) is 0 Å². The number of benzene rings is 3. The molecule has 3 aromatic carbocycles. The molecule has 0 spiro atoms. The lowest BCUT2D eigenvalue weighted by Gasteiger charge is -2.11. The highest BCUT2D eigenvalue weighted by Gasteiger charge is 2.18. The molecule has 0 aliphatic heterocycles. The molecule has 0 saturated carbocycles. The van der Waals surface area contributed by atoms with Crippen molar-refractivity contribution in [1.82, 2.24) is 14.1 Å². The summed E-state index contributed by atoms with van der Waals surface area (Å²) in [5.74, 6) is 0. The van der Waals surface area contributed by atoms with Crippen LogP contribution in [0.15, 0.2) is 71.3 Å². The summed E-state index contributed by atoms with van der Waals surface area (Å²) < 4.78 is 30.8. The number of halogens is 1. The summed E-state index contributed by atoms with van der Waals surface area (Å²) in [5, 5.41) is 11.0. The number of nitrogens with zero attached hydrogens (tertiary/aromatic N) is 5. The molecule has 0 bridgehead atoms. The third-order valence-electron chi connectivity index (χ3n) is 5.83. The predicted octanol–water partition coefficient (Wildman–Crippen LogP) is 4.44. The van der Waals surface area contributed by atoms with Gasteiger partial charge < -0.3 is 4.57 Å². The van der Waals surface area contributed by atoms with E-state index >= 15 is 0 Å². The standard InChI is InChI=1S/C25H18ClN5O2S/c1-15-3-4-16(13-27)11-22(15)31-24-20-12-18(17-5-8-19(26)9-6-17)7-10-21(20)28-14-23(24)30(2)25(31)29-34(32)33/h3-12,14,34H,1-2H3/b29-25-. The minimum absolute atomic E-state index is 0.218. The fourth-order valence-corrected chi connectivity index (χ4v) is 4.66. The molecule has 0 fully saturated rings. The Morgan fingerprint density at radius 1 is 1.03 bits per heavy atom. The van der Waals surface area contributed by atoms with Gasteiger partial charge in [0.1, 0.15) is 0 Å². The molecular weight excluding hydrogens is 470 g/mol. The molecule has 0 atom stereocenters. The topological polar surface area (TPSA) is 93.0 Å². The number of rotatable bonds is 3. The highest BCUT2D eigenvalue weighted by atomic mass is 35.5. The molecule has 0 N–H and O–H groups in total. The van der Waals surface area contributed by atoms with E-state index in [1.165, 1.54) is 0 Å². The third-order valence-corrected chi connectivity index (χ3v) is 6.43. The maximum absolute atomic E-state index is 11.7. The van der Waals surface area contributed by atoms with Crippen LogP contribution in [0, 0.1) is 18.3 Å². The number of fused-ring (bicyclic) bond motifs is 3. The smallest absolute Gasteiger partial charge is 0.246 e.